The van der Waals surface area contributed by atoms with Crippen molar-refractivity contribution in [1.29, 1.82) is 0 Å². The fraction of sp³-hybridized carbons (Fsp3) is 0.385. The Hall–Kier alpha value is -0.580. The van der Waals surface area contributed by atoms with Gasteiger partial charge in [-0.1, -0.05) is 0 Å². The van der Waals surface area contributed by atoms with Gasteiger partial charge in [-0.3, -0.25) is 0 Å². The molecule has 0 radical (unpaired) electrons. The number of rotatable bonds is 3. The van der Waals surface area contributed by atoms with Crippen LogP contribution >= 0.6 is 20.2 Å². The van der Waals surface area contributed by atoms with Crippen LogP contribution in [0, 0.1) is 18.8 Å². The Morgan fingerprint density at radius 2 is 1.72 bits per heavy atom. The third-order valence-corrected chi connectivity index (χ3v) is 7.62. The van der Waals surface area contributed by atoms with E-state index in [0.717, 1.165) is 9.83 Å². The summed E-state index contributed by atoms with van der Waals surface area (Å²) in [5, 5.41) is 0. The van der Waals surface area contributed by atoms with Crippen LogP contribution < -0.4 is 0 Å². The van der Waals surface area contributed by atoms with Gasteiger partial charge in [0.25, 0.3) is 0 Å². The molecule has 1 aromatic carbocycles. The normalized spacial score (nSPS) is 12.6. The SMILES string of the molecule is CC(C)(C)C#CI(OS(C)(=O)=O)c1ccccc1. The summed E-state index contributed by atoms with van der Waals surface area (Å²) in [6, 6.07) is 9.35. The van der Waals surface area contributed by atoms with Gasteiger partial charge in [-0.2, -0.15) is 0 Å². The van der Waals surface area contributed by atoms with E-state index in [9.17, 15) is 8.42 Å². The van der Waals surface area contributed by atoms with Crippen molar-refractivity contribution in [2.75, 3.05) is 6.26 Å². The zero-order chi connectivity index (χ0) is 13.8. The number of hydrogen-bond donors (Lipinski definition) is 0. The molecule has 5 heteroatoms. The van der Waals surface area contributed by atoms with Crippen molar-refractivity contribution in [2.45, 2.75) is 20.8 Å². The van der Waals surface area contributed by atoms with Crippen LogP contribution in [0.5, 0.6) is 0 Å². The van der Waals surface area contributed by atoms with Crippen molar-refractivity contribution < 1.29 is 10.9 Å². The van der Waals surface area contributed by atoms with Gasteiger partial charge in [-0.15, -0.1) is 0 Å². The first-order valence-corrected chi connectivity index (χ1v) is 10.2. The molecule has 18 heavy (non-hydrogen) atoms. The summed E-state index contributed by atoms with van der Waals surface area (Å²) < 4.78 is 31.7. The molecule has 0 aromatic heterocycles. The molecule has 0 atom stereocenters. The van der Waals surface area contributed by atoms with Gasteiger partial charge in [0.1, 0.15) is 0 Å². The van der Waals surface area contributed by atoms with E-state index in [1.54, 1.807) is 0 Å². The Morgan fingerprint density at radius 3 is 2.17 bits per heavy atom. The molecular weight excluding hydrogens is 363 g/mol. The topological polar surface area (TPSA) is 43.4 Å². The first kappa shape index (κ1) is 15.5. The molecule has 3 nitrogen and oxygen atoms in total. The van der Waals surface area contributed by atoms with Crippen LogP contribution in [0.15, 0.2) is 30.3 Å². The van der Waals surface area contributed by atoms with E-state index in [-0.39, 0.29) is 5.41 Å². The molecule has 0 spiro atoms. The molecule has 0 aliphatic rings. The molecule has 0 N–H and O–H groups in total. The number of benzene rings is 1. The zero-order valence-corrected chi connectivity index (χ0v) is 13.9. The molecule has 100 valence electrons. The molecule has 0 heterocycles. The molecule has 0 saturated heterocycles. The second-order valence-corrected chi connectivity index (χ2v) is 10.6. The van der Waals surface area contributed by atoms with E-state index in [1.165, 1.54) is 0 Å². The Labute approximate surface area is 117 Å². The molecule has 0 aliphatic heterocycles. The Balaban J connectivity index is 3.07. The van der Waals surface area contributed by atoms with Crippen LogP contribution in [0.4, 0.5) is 0 Å². The zero-order valence-electron chi connectivity index (χ0n) is 10.9. The van der Waals surface area contributed by atoms with Crippen molar-refractivity contribution in [3.8, 4) is 9.85 Å². The number of halogens is 1. The van der Waals surface area contributed by atoms with Gasteiger partial charge in [0, 0.05) is 0 Å². The van der Waals surface area contributed by atoms with Crippen molar-refractivity contribution in [2.24, 2.45) is 5.41 Å². The summed E-state index contributed by atoms with van der Waals surface area (Å²) in [7, 11) is -3.47. The molecule has 0 unspecified atom stereocenters. The molecule has 1 aromatic rings. The Bertz CT molecular complexity index is 547. The molecule has 0 amide bonds. The molecular formula is C13H17IO3S. The molecule has 0 aliphatic carbocycles. The van der Waals surface area contributed by atoms with E-state index in [4.69, 9.17) is 2.51 Å². The predicted molar refractivity (Wildman–Crippen MR) is 82.3 cm³/mol. The van der Waals surface area contributed by atoms with E-state index in [0.29, 0.717) is 0 Å². The Kier molecular flexibility index (Phi) is 5.20. The summed E-state index contributed by atoms with van der Waals surface area (Å²) >= 11 is -2.46. The summed E-state index contributed by atoms with van der Waals surface area (Å²) in [6.45, 7) is 5.96. The predicted octanol–water partition coefficient (Wildman–Crippen LogP) is 3.26. The van der Waals surface area contributed by atoms with Crippen LogP contribution in [0.3, 0.4) is 0 Å². The van der Waals surface area contributed by atoms with Crippen LogP contribution in [0.1, 0.15) is 20.8 Å². The van der Waals surface area contributed by atoms with E-state index >= 15 is 0 Å². The van der Waals surface area contributed by atoms with Gasteiger partial charge in [0.2, 0.25) is 0 Å². The van der Waals surface area contributed by atoms with Gasteiger partial charge in [-0.25, -0.2) is 0 Å². The third-order valence-electron chi connectivity index (χ3n) is 1.62. The van der Waals surface area contributed by atoms with E-state index in [1.807, 2.05) is 51.1 Å². The summed E-state index contributed by atoms with van der Waals surface area (Å²) in [5.41, 5.74) is -0.161. The summed E-state index contributed by atoms with van der Waals surface area (Å²) in [6.07, 6.45) is 1.07. The third kappa shape index (κ3) is 6.38. The van der Waals surface area contributed by atoms with Gasteiger partial charge in [0.15, 0.2) is 0 Å². The fourth-order valence-corrected chi connectivity index (χ4v) is 6.55. The maximum absolute atomic E-state index is 11.3. The van der Waals surface area contributed by atoms with Crippen LogP contribution in [-0.2, 0) is 12.6 Å². The van der Waals surface area contributed by atoms with Gasteiger partial charge in [-0.05, 0) is 0 Å². The standard InChI is InChI=1S/C13H17IO3S/c1-13(2,3)10-11-14(17-18(4,15)16)12-8-6-5-7-9-12/h5-9H,1-4H3. The average Bonchev–Trinajstić information content (AvgIpc) is 2.23. The van der Waals surface area contributed by atoms with Crippen molar-refractivity contribution in [3.63, 3.8) is 0 Å². The van der Waals surface area contributed by atoms with Crippen LogP contribution in [0.2, 0.25) is 0 Å². The monoisotopic (exact) mass is 380 g/mol. The first-order valence-electron chi connectivity index (χ1n) is 5.35. The molecule has 0 saturated carbocycles. The van der Waals surface area contributed by atoms with Gasteiger partial charge >= 0.3 is 117 Å². The Morgan fingerprint density at radius 1 is 1.17 bits per heavy atom. The summed E-state index contributed by atoms with van der Waals surface area (Å²) in [5.74, 6) is 3.07. The second-order valence-electron chi connectivity index (χ2n) is 4.78. The van der Waals surface area contributed by atoms with E-state index in [2.05, 4.69) is 9.85 Å². The fourth-order valence-electron chi connectivity index (χ4n) is 0.935. The second kappa shape index (κ2) is 6.04. The van der Waals surface area contributed by atoms with Crippen molar-refractivity contribution in [1.82, 2.24) is 0 Å². The van der Waals surface area contributed by atoms with Crippen molar-refractivity contribution in [3.05, 3.63) is 33.9 Å². The first-order chi connectivity index (χ1) is 8.17. The van der Waals surface area contributed by atoms with Crippen LogP contribution in [-0.4, -0.2) is 14.7 Å². The minimum atomic E-state index is -3.47. The number of hydrogen-bond acceptors (Lipinski definition) is 3. The van der Waals surface area contributed by atoms with E-state index < -0.39 is 30.4 Å². The molecule has 0 bridgehead atoms. The van der Waals surface area contributed by atoms with Gasteiger partial charge in [0.05, 0.1) is 0 Å². The van der Waals surface area contributed by atoms with Gasteiger partial charge < -0.3 is 0 Å². The van der Waals surface area contributed by atoms with Crippen molar-refractivity contribution >= 4 is 30.4 Å². The maximum atomic E-state index is 11.3. The summed E-state index contributed by atoms with van der Waals surface area (Å²) in [4.78, 5) is 0. The molecule has 0 fully saturated rings. The average molecular weight is 380 g/mol. The quantitative estimate of drug-likeness (QED) is 0.597. The minimum absolute atomic E-state index is 0.161. The molecule has 1 rings (SSSR count). The van der Waals surface area contributed by atoms with Crippen LogP contribution in [0.25, 0.3) is 0 Å².